The monoisotopic (exact) mass is 495 g/mol. The van der Waals surface area contributed by atoms with Crippen molar-refractivity contribution in [3.8, 4) is 0 Å². The second-order valence-electron chi connectivity index (χ2n) is 8.47. The largest absolute Gasteiger partial charge is 0.466 e. The summed E-state index contributed by atoms with van der Waals surface area (Å²) in [6.45, 7) is 4.47. The number of aromatic nitrogens is 1. The zero-order chi connectivity index (χ0) is 24.8. The first-order valence-corrected chi connectivity index (χ1v) is 12.5. The van der Waals surface area contributed by atoms with E-state index in [0.29, 0.717) is 33.9 Å². The number of nitrogens with one attached hydrogen (secondary N) is 1. The van der Waals surface area contributed by atoms with E-state index in [2.05, 4.69) is 10.2 Å². The number of likely N-dealkylation sites (tertiary alicyclic amines) is 1. The van der Waals surface area contributed by atoms with Gasteiger partial charge >= 0.3 is 11.9 Å². The molecule has 0 radical (unpaired) electrons. The normalized spacial score (nSPS) is 14.6. The molecule has 0 spiro atoms. The van der Waals surface area contributed by atoms with Gasteiger partial charge in [0, 0.05) is 11.9 Å². The van der Waals surface area contributed by atoms with Crippen LogP contribution in [-0.2, 0) is 32.0 Å². The van der Waals surface area contributed by atoms with Gasteiger partial charge in [0.1, 0.15) is 9.71 Å². The van der Waals surface area contributed by atoms with E-state index in [9.17, 15) is 14.4 Å². The third kappa shape index (κ3) is 6.04. The highest BCUT2D eigenvalue weighted by Gasteiger charge is 2.27. The summed E-state index contributed by atoms with van der Waals surface area (Å²) >= 11 is 1.21. The fourth-order valence-electron chi connectivity index (χ4n) is 4.25. The van der Waals surface area contributed by atoms with Crippen LogP contribution in [0.3, 0.4) is 0 Å². The van der Waals surface area contributed by atoms with Gasteiger partial charge in [0.2, 0.25) is 5.91 Å². The van der Waals surface area contributed by atoms with Gasteiger partial charge in [0.15, 0.2) is 0 Å². The molecule has 2 aromatic heterocycles. The number of carbonyl (C=O) groups excluding carboxylic acids is 3. The molecule has 1 fully saturated rings. The summed E-state index contributed by atoms with van der Waals surface area (Å²) in [5.74, 6) is -0.869. The standard InChI is InChI=1S/C26H29N3O5S/c1-3-34-25(31)18-11-13-29(14-12-18)16-19-9-10-20-22(23(26(32)33-2)35-24(20)27-19)28-21(30)15-17-7-5-4-6-8-17/h4-10,18H,3,11-16H2,1-2H3,(H,28,30). The van der Waals surface area contributed by atoms with Gasteiger partial charge in [0.25, 0.3) is 0 Å². The van der Waals surface area contributed by atoms with E-state index >= 15 is 0 Å². The Morgan fingerprint density at radius 3 is 2.54 bits per heavy atom. The number of thiophene rings is 1. The minimum atomic E-state index is -0.509. The van der Waals surface area contributed by atoms with E-state index in [1.165, 1.54) is 18.4 Å². The van der Waals surface area contributed by atoms with Crippen LogP contribution < -0.4 is 5.32 Å². The molecular formula is C26H29N3O5S. The summed E-state index contributed by atoms with van der Waals surface area (Å²) in [6.07, 6.45) is 1.74. The van der Waals surface area contributed by atoms with Crippen LogP contribution in [0.5, 0.6) is 0 Å². The number of piperidine rings is 1. The van der Waals surface area contributed by atoms with Crippen molar-refractivity contribution in [2.45, 2.75) is 32.7 Å². The van der Waals surface area contributed by atoms with Crippen molar-refractivity contribution in [1.82, 2.24) is 9.88 Å². The lowest BCUT2D eigenvalue weighted by Gasteiger charge is -2.30. The molecule has 184 valence electrons. The highest BCUT2D eigenvalue weighted by molar-refractivity contribution is 7.21. The van der Waals surface area contributed by atoms with E-state index in [1.807, 2.05) is 49.4 Å². The first-order chi connectivity index (χ1) is 17.0. The lowest BCUT2D eigenvalue weighted by Crippen LogP contribution is -2.36. The van der Waals surface area contributed by atoms with Gasteiger partial charge in [-0.05, 0) is 50.6 Å². The van der Waals surface area contributed by atoms with Gasteiger partial charge in [0.05, 0.1) is 37.4 Å². The molecule has 4 rings (SSSR count). The highest BCUT2D eigenvalue weighted by atomic mass is 32.1. The third-order valence-corrected chi connectivity index (χ3v) is 7.13. The van der Waals surface area contributed by atoms with Crippen molar-refractivity contribution >= 4 is 45.1 Å². The molecule has 0 saturated carbocycles. The molecule has 0 bridgehead atoms. The lowest BCUT2D eigenvalue weighted by atomic mass is 9.97. The van der Waals surface area contributed by atoms with Gasteiger partial charge in [-0.1, -0.05) is 30.3 Å². The Bertz CT molecular complexity index is 1200. The van der Waals surface area contributed by atoms with E-state index < -0.39 is 5.97 Å². The molecule has 1 aliphatic rings. The van der Waals surface area contributed by atoms with Gasteiger partial charge in [-0.3, -0.25) is 14.5 Å². The Balaban J connectivity index is 1.48. The average Bonchev–Trinajstić information content (AvgIpc) is 3.22. The van der Waals surface area contributed by atoms with E-state index in [-0.39, 0.29) is 24.2 Å². The molecule has 3 heterocycles. The van der Waals surface area contributed by atoms with E-state index in [0.717, 1.165) is 37.2 Å². The maximum absolute atomic E-state index is 12.7. The molecule has 1 aliphatic heterocycles. The summed E-state index contributed by atoms with van der Waals surface area (Å²) in [6, 6.07) is 13.2. The fourth-order valence-corrected chi connectivity index (χ4v) is 5.31. The quantitative estimate of drug-likeness (QED) is 0.471. The zero-order valence-electron chi connectivity index (χ0n) is 19.9. The number of fused-ring (bicyclic) bond motifs is 1. The number of hydrogen-bond acceptors (Lipinski definition) is 8. The lowest BCUT2D eigenvalue weighted by molar-refractivity contribution is -0.149. The number of carbonyl (C=O) groups is 3. The zero-order valence-corrected chi connectivity index (χ0v) is 20.7. The van der Waals surface area contributed by atoms with Crippen LogP contribution in [0.2, 0.25) is 0 Å². The predicted molar refractivity (Wildman–Crippen MR) is 134 cm³/mol. The van der Waals surface area contributed by atoms with Crippen molar-refractivity contribution in [1.29, 1.82) is 0 Å². The Hall–Kier alpha value is -3.30. The molecule has 1 N–H and O–H groups in total. The van der Waals surface area contributed by atoms with Crippen LogP contribution in [0.4, 0.5) is 5.69 Å². The molecule has 3 aromatic rings. The third-order valence-electron chi connectivity index (χ3n) is 6.05. The maximum atomic E-state index is 12.7. The number of hydrogen-bond donors (Lipinski definition) is 1. The Labute approximate surface area is 208 Å². The van der Waals surface area contributed by atoms with E-state index in [1.54, 1.807) is 0 Å². The van der Waals surface area contributed by atoms with Crippen LogP contribution in [-0.4, -0.2) is 54.5 Å². The molecular weight excluding hydrogens is 466 g/mol. The van der Waals surface area contributed by atoms with Crippen molar-refractivity contribution in [3.05, 3.63) is 58.6 Å². The number of benzene rings is 1. The number of nitrogens with zero attached hydrogens (tertiary/aromatic N) is 2. The topological polar surface area (TPSA) is 97.8 Å². The molecule has 8 nitrogen and oxygen atoms in total. The Morgan fingerprint density at radius 2 is 1.86 bits per heavy atom. The highest BCUT2D eigenvalue weighted by Crippen LogP contribution is 2.36. The predicted octanol–water partition coefficient (Wildman–Crippen LogP) is 4.04. The second-order valence-corrected chi connectivity index (χ2v) is 9.47. The van der Waals surface area contributed by atoms with Gasteiger partial charge in [-0.2, -0.15) is 0 Å². The summed E-state index contributed by atoms with van der Waals surface area (Å²) < 4.78 is 10.1. The van der Waals surface area contributed by atoms with E-state index in [4.69, 9.17) is 14.5 Å². The van der Waals surface area contributed by atoms with Gasteiger partial charge in [-0.25, -0.2) is 9.78 Å². The minimum Gasteiger partial charge on any atom is -0.466 e. The summed E-state index contributed by atoms with van der Waals surface area (Å²) in [5.41, 5.74) is 2.19. The van der Waals surface area contributed by atoms with Crippen LogP contribution in [0.1, 0.15) is 40.7 Å². The number of rotatable bonds is 8. The number of esters is 2. The van der Waals surface area contributed by atoms with Crippen molar-refractivity contribution in [3.63, 3.8) is 0 Å². The van der Waals surface area contributed by atoms with Crippen LogP contribution in [0.25, 0.3) is 10.2 Å². The van der Waals surface area contributed by atoms with Crippen LogP contribution in [0.15, 0.2) is 42.5 Å². The fraction of sp³-hybridized carbons (Fsp3) is 0.385. The number of methoxy groups -OCH3 is 1. The number of pyridine rings is 1. The summed E-state index contributed by atoms with van der Waals surface area (Å²) in [7, 11) is 1.32. The molecule has 9 heteroatoms. The SMILES string of the molecule is CCOC(=O)C1CCN(Cc2ccc3c(NC(=O)Cc4ccccc4)c(C(=O)OC)sc3n2)CC1. The minimum absolute atomic E-state index is 0.0383. The molecule has 1 amide bonds. The summed E-state index contributed by atoms with van der Waals surface area (Å²) in [4.78, 5) is 45.2. The molecule has 0 unspecified atom stereocenters. The van der Waals surface area contributed by atoms with Crippen LogP contribution >= 0.6 is 11.3 Å². The van der Waals surface area contributed by atoms with Crippen molar-refractivity contribution in [2.75, 3.05) is 32.1 Å². The second kappa shape index (κ2) is 11.4. The van der Waals surface area contributed by atoms with Crippen LogP contribution in [0, 0.1) is 5.92 Å². The van der Waals surface area contributed by atoms with Gasteiger partial charge < -0.3 is 14.8 Å². The smallest absolute Gasteiger partial charge is 0.350 e. The summed E-state index contributed by atoms with van der Waals surface area (Å²) in [5, 5.41) is 3.61. The molecule has 1 aromatic carbocycles. The van der Waals surface area contributed by atoms with Crippen molar-refractivity contribution < 1.29 is 23.9 Å². The molecule has 35 heavy (non-hydrogen) atoms. The first-order valence-electron chi connectivity index (χ1n) is 11.7. The van der Waals surface area contributed by atoms with Gasteiger partial charge in [-0.15, -0.1) is 11.3 Å². The number of amides is 1. The maximum Gasteiger partial charge on any atom is 0.350 e. The average molecular weight is 496 g/mol. The number of anilines is 1. The molecule has 0 aliphatic carbocycles. The Morgan fingerprint density at radius 1 is 1.11 bits per heavy atom. The molecule has 0 atom stereocenters. The number of ether oxygens (including phenoxy) is 2. The van der Waals surface area contributed by atoms with Crippen molar-refractivity contribution in [2.24, 2.45) is 5.92 Å². The Kier molecular flexibility index (Phi) is 8.09. The first kappa shape index (κ1) is 24.8. The molecule has 1 saturated heterocycles.